The smallest absolute Gasteiger partial charge is 0.242 e. The highest BCUT2D eigenvalue weighted by molar-refractivity contribution is 7.10. The van der Waals surface area contributed by atoms with Crippen molar-refractivity contribution in [3.8, 4) is 0 Å². The Balaban J connectivity index is 1.50. The van der Waals surface area contributed by atoms with E-state index in [-0.39, 0.29) is 24.6 Å². The van der Waals surface area contributed by atoms with Gasteiger partial charge < -0.3 is 15.5 Å². The second-order valence-electron chi connectivity index (χ2n) is 5.95. The third-order valence-corrected chi connectivity index (χ3v) is 5.27. The molecule has 0 saturated carbocycles. The molecule has 0 bridgehead atoms. The average molecular weight is 378 g/mol. The second kappa shape index (κ2) is 8.27. The molecule has 5 nitrogen and oxygen atoms in total. The first-order chi connectivity index (χ1) is 12.6. The molecular weight excluding hydrogens is 358 g/mol. The van der Waals surface area contributed by atoms with Crippen LogP contribution in [0.15, 0.2) is 34.6 Å². The highest BCUT2D eigenvalue weighted by Crippen LogP contribution is 2.23. The Labute approximate surface area is 154 Å². The van der Waals surface area contributed by atoms with E-state index in [0.29, 0.717) is 19.0 Å². The van der Waals surface area contributed by atoms with Gasteiger partial charge in [0.2, 0.25) is 5.91 Å². The van der Waals surface area contributed by atoms with Crippen LogP contribution in [0.1, 0.15) is 16.0 Å². The maximum Gasteiger partial charge on any atom is 0.242 e. The minimum Gasteiger partial charge on any atom is -0.352 e. The van der Waals surface area contributed by atoms with Crippen molar-refractivity contribution < 1.29 is 13.6 Å². The fraction of sp³-hybridized carbons (Fsp3) is 0.333. The third kappa shape index (κ3) is 4.37. The molecule has 2 N–H and O–H groups in total. The fourth-order valence-corrected chi connectivity index (χ4v) is 3.70. The van der Waals surface area contributed by atoms with Crippen molar-refractivity contribution in [1.29, 1.82) is 0 Å². The van der Waals surface area contributed by atoms with E-state index >= 15 is 0 Å². The first-order valence-corrected chi connectivity index (χ1v) is 9.16. The number of guanidine groups is 1. The van der Waals surface area contributed by atoms with E-state index in [4.69, 9.17) is 0 Å². The quantitative estimate of drug-likeness (QED) is 0.634. The van der Waals surface area contributed by atoms with E-state index in [2.05, 4.69) is 21.7 Å². The molecule has 8 heteroatoms. The molecule has 1 aromatic heterocycles. The van der Waals surface area contributed by atoms with Crippen molar-refractivity contribution in [1.82, 2.24) is 15.5 Å². The van der Waals surface area contributed by atoms with Crippen LogP contribution in [0.25, 0.3) is 0 Å². The highest BCUT2D eigenvalue weighted by Gasteiger charge is 2.21. The number of fused-ring (bicyclic) bond motifs is 1. The summed E-state index contributed by atoms with van der Waals surface area (Å²) in [6.07, 6.45) is 0.880. The summed E-state index contributed by atoms with van der Waals surface area (Å²) in [5, 5.41) is 7.86. The topological polar surface area (TPSA) is 56.7 Å². The maximum atomic E-state index is 13.6. The lowest BCUT2D eigenvalue weighted by molar-refractivity contribution is -0.130. The molecule has 1 aromatic carbocycles. The number of nitrogens with zero attached hydrogens (tertiary/aromatic N) is 2. The molecular formula is C18H20F2N4OS. The zero-order valence-electron chi connectivity index (χ0n) is 14.4. The van der Waals surface area contributed by atoms with Crippen LogP contribution >= 0.6 is 11.3 Å². The number of hydrogen-bond donors (Lipinski definition) is 2. The van der Waals surface area contributed by atoms with Gasteiger partial charge in [-0.3, -0.25) is 9.79 Å². The summed E-state index contributed by atoms with van der Waals surface area (Å²) in [4.78, 5) is 19.6. The van der Waals surface area contributed by atoms with Crippen molar-refractivity contribution >= 4 is 23.2 Å². The Hall–Kier alpha value is -2.48. The first-order valence-electron chi connectivity index (χ1n) is 8.28. The third-order valence-electron chi connectivity index (χ3n) is 4.25. The Kier molecular flexibility index (Phi) is 5.82. The summed E-state index contributed by atoms with van der Waals surface area (Å²) < 4.78 is 26.9. The Morgan fingerprint density at radius 2 is 2.15 bits per heavy atom. The number of rotatable bonds is 4. The lowest BCUT2D eigenvalue weighted by Gasteiger charge is -2.27. The summed E-state index contributed by atoms with van der Waals surface area (Å²) in [6, 6.07) is 5.34. The predicted molar refractivity (Wildman–Crippen MR) is 98.0 cm³/mol. The van der Waals surface area contributed by atoms with E-state index in [0.717, 1.165) is 24.6 Å². The van der Waals surface area contributed by atoms with E-state index in [1.54, 1.807) is 18.4 Å². The van der Waals surface area contributed by atoms with Gasteiger partial charge in [0.25, 0.3) is 0 Å². The number of carbonyl (C=O) groups excluding carboxylic acids is 1. The lowest BCUT2D eigenvalue weighted by atomic mass is 10.1. The van der Waals surface area contributed by atoms with Crippen LogP contribution in [0.3, 0.4) is 0 Å². The van der Waals surface area contributed by atoms with E-state index in [1.807, 2.05) is 10.3 Å². The van der Waals surface area contributed by atoms with Gasteiger partial charge in [-0.15, -0.1) is 11.3 Å². The van der Waals surface area contributed by atoms with Crippen molar-refractivity contribution in [3.05, 3.63) is 57.3 Å². The monoisotopic (exact) mass is 378 g/mol. The number of amides is 1. The van der Waals surface area contributed by atoms with Gasteiger partial charge in [0.15, 0.2) is 5.96 Å². The number of nitrogens with one attached hydrogen (secondary N) is 2. The summed E-state index contributed by atoms with van der Waals surface area (Å²) in [5.74, 6) is -0.665. The molecule has 1 aliphatic heterocycles. The molecule has 1 amide bonds. The van der Waals surface area contributed by atoms with Crippen LogP contribution in [-0.2, 0) is 24.3 Å². The molecule has 0 spiro atoms. The summed E-state index contributed by atoms with van der Waals surface area (Å²) in [7, 11) is 1.56. The Morgan fingerprint density at radius 3 is 2.96 bits per heavy atom. The summed E-state index contributed by atoms with van der Waals surface area (Å²) in [6.45, 7) is 1.48. The van der Waals surface area contributed by atoms with E-state index in [9.17, 15) is 13.6 Å². The maximum absolute atomic E-state index is 13.6. The minimum absolute atomic E-state index is 0.0262. The molecule has 138 valence electrons. The minimum atomic E-state index is -0.501. The molecule has 1 aliphatic rings. The number of hydrogen-bond acceptors (Lipinski definition) is 3. The van der Waals surface area contributed by atoms with Crippen LogP contribution in [0, 0.1) is 11.6 Å². The van der Waals surface area contributed by atoms with Crippen molar-refractivity contribution in [2.75, 3.05) is 20.1 Å². The number of benzene rings is 1. The van der Waals surface area contributed by atoms with Crippen LogP contribution in [0.4, 0.5) is 8.78 Å². The molecule has 0 atom stereocenters. The average Bonchev–Trinajstić information content (AvgIpc) is 3.12. The second-order valence-corrected chi connectivity index (χ2v) is 6.95. The first kappa shape index (κ1) is 18.3. The largest absolute Gasteiger partial charge is 0.352 e. The van der Waals surface area contributed by atoms with E-state index in [1.165, 1.54) is 10.4 Å². The normalized spacial score (nSPS) is 14.1. The number of carbonyl (C=O) groups is 1. The van der Waals surface area contributed by atoms with Crippen molar-refractivity contribution in [2.24, 2.45) is 4.99 Å². The molecule has 0 radical (unpaired) electrons. The Morgan fingerprint density at radius 1 is 1.31 bits per heavy atom. The molecule has 3 rings (SSSR count). The zero-order chi connectivity index (χ0) is 18.5. The van der Waals surface area contributed by atoms with Crippen LogP contribution in [0.5, 0.6) is 0 Å². The molecule has 0 unspecified atom stereocenters. The molecule has 0 aliphatic carbocycles. The van der Waals surface area contributed by atoms with Gasteiger partial charge in [0.1, 0.15) is 11.6 Å². The van der Waals surface area contributed by atoms with Crippen LogP contribution < -0.4 is 10.6 Å². The van der Waals surface area contributed by atoms with Gasteiger partial charge in [-0.2, -0.15) is 0 Å². The number of thiophene rings is 1. The zero-order valence-corrected chi connectivity index (χ0v) is 15.2. The highest BCUT2D eigenvalue weighted by atomic mass is 32.1. The molecule has 0 saturated heterocycles. The van der Waals surface area contributed by atoms with Crippen LogP contribution in [0.2, 0.25) is 0 Å². The molecule has 2 aromatic rings. The molecule has 26 heavy (non-hydrogen) atoms. The van der Waals surface area contributed by atoms with Crippen molar-refractivity contribution in [2.45, 2.75) is 19.5 Å². The molecule has 2 heterocycles. The van der Waals surface area contributed by atoms with Gasteiger partial charge in [-0.1, -0.05) is 0 Å². The summed E-state index contributed by atoms with van der Waals surface area (Å²) >= 11 is 1.73. The van der Waals surface area contributed by atoms with Crippen LogP contribution in [-0.4, -0.2) is 36.9 Å². The van der Waals surface area contributed by atoms with Gasteiger partial charge >= 0.3 is 0 Å². The predicted octanol–water partition coefficient (Wildman–Crippen LogP) is 2.28. The SMILES string of the molecule is CN=C(NCC(=O)N1CCc2sccc2C1)NCc1cc(F)ccc1F. The molecule has 0 fully saturated rings. The van der Waals surface area contributed by atoms with Gasteiger partial charge in [0.05, 0.1) is 6.54 Å². The number of aliphatic imine (C=N–C) groups is 1. The standard InChI is InChI=1S/C18H20F2N4OS/c1-21-18(22-9-13-8-14(19)2-3-15(13)20)23-10-17(25)24-6-4-16-12(11-24)5-7-26-16/h2-3,5,7-8H,4,6,9-11H2,1H3,(H2,21,22,23). The Bertz CT molecular complexity index is 821. The van der Waals surface area contributed by atoms with Gasteiger partial charge in [0, 0.05) is 37.1 Å². The van der Waals surface area contributed by atoms with E-state index < -0.39 is 11.6 Å². The fourth-order valence-electron chi connectivity index (χ4n) is 2.81. The summed E-state index contributed by atoms with van der Waals surface area (Å²) in [5.41, 5.74) is 1.40. The number of halogens is 2. The van der Waals surface area contributed by atoms with Gasteiger partial charge in [-0.05, 0) is 41.6 Å². The lowest BCUT2D eigenvalue weighted by Crippen LogP contribution is -2.45. The van der Waals surface area contributed by atoms with Gasteiger partial charge in [-0.25, -0.2) is 8.78 Å². The van der Waals surface area contributed by atoms with Crippen molar-refractivity contribution in [3.63, 3.8) is 0 Å².